The van der Waals surface area contributed by atoms with Gasteiger partial charge in [-0.2, -0.15) is 15.2 Å². The number of aromatic nitrogens is 2. The number of nitrogens with one attached hydrogen (secondary N) is 1. The largest absolute Gasteiger partial charge is 0.462 e. The Bertz CT molecular complexity index is 1200. The Morgan fingerprint density at radius 3 is 2.79 bits per heavy atom. The van der Waals surface area contributed by atoms with Crippen molar-refractivity contribution in [3.8, 4) is 12.1 Å². The van der Waals surface area contributed by atoms with Crippen LogP contribution in [0, 0.1) is 11.3 Å². The molecule has 4 aliphatic rings. The minimum Gasteiger partial charge on any atom is -0.462 e. The molecule has 1 aromatic heterocycles. The van der Waals surface area contributed by atoms with Gasteiger partial charge in [-0.1, -0.05) is 30.3 Å². The van der Waals surface area contributed by atoms with E-state index in [9.17, 15) is 10.1 Å². The summed E-state index contributed by atoms with van der Waals surface area (Å²) < 4.78 is 11.9. The Morgan fingerprint density at radius 2 is 1.97 bits per heavy atom. The average Bonchev–Trinajstić information content (AvgIpc) is 3.72. The molecule has 2 aromatic rings. The second kappa shape index (κ2) is 11.8. The normalized spacial score (nSPS) is 23.3. The molecule has 10 nitrogen and oxygen atoms in total. The highest BCUT2D eigenvalue weighted by atomic mass is 16.6. The smallest absolute Gasteiger partial charge is 0.410 e. The molecular weight excluding hydrogens is 494 g/mol. The molecule has 1 saturated carbocycles. The molecule has 0 bridgehead atoms. The number of fused-ring (bicyclic) bond motifs is 1. The van der Waals surface area contributed by atoms with E-state index >= 15 is 0 Å². The van der Waals surface area contributed by atoms with E-state index in [-0.39, 0.29) is 25.2 Å². The molecule has 0 radical (unpaired) electrons. The third-order valence-corrected chi connectivity index (χ3v) is 8.29. The van der Waals surface area contributed by atoms with Crippen LogP contribution in [0.5, 0.6) is 6.01 Å². The Kier molecular flexibility index (Phi) is 7.79. The lowest BCUT2D eigenvalue weighted by Crippen LogP contribution is -2.55. The molecule has 10 heteroatoms. The summed E-state index contributed by atoms with van der Waals surface area (Å²) >= 11 is 0. The number of amides is 1. The van der Waals surface area contributed by atoms with Crippen LogP contribution < -0.4 is 15.0 Å². The fraction of sp³-hybridized carbons (Fsp3) is 0.586. The van der Waals surface area contributed by atoms with Gasteiger partial charge in [0, 0.05) is 43.8 Å². The molecule has 1 N–H and O–H groups in total. The van der Waals surface area contributed by atoms with E-state index < -0.39 is 0 Å². The van der Waals surface area contributed by atoms with Gasteiger partial charge in [0.1, 0.15) is 19.0 Å². The maximum Gasteiger partial charge on any atom is 0.410 e. The highest BCUT2D eigenvalue weighted by molar-refractivity contribution is 5.69. The van der Waals surface area contributed by atoms with Gasteiger partial charge in [-0.05, 0) is 50.8 Å². The van der Waals surface area contributed by atoms with Crippen molar-refractivity contribution in [2.75, 3.05) is 44.2 Å². The van der Waals surface area contributed by atoms with Gasteiger partial charge in [-0.15, -0.1) is 0 Å². The number of carbonyl (C=O) groups excluding carboxylic acids is 1. The van der Waals surface area contributed by atoms with Crippen LogP contribution in [0.4, 0.5) is 10.6 Å². The molecule has 39 heavy (non-hydrogen) atoms. The molecule has 1 amide bonds. The van der Waals surface area contributed by atoms with Crippen LogP contribution in [0.15, 0.2) is 30.3 Å². The molecule has 1 aromatic carbocycles. The van der Waals surface area contributed by atoms with E-state index in [1.165, 1.54) is 19.3 Å². The number of rotatable bonds is 8. The summed E-state index contributed by atoms with van der Waals surface area (Å²) in [5, 5.41) is 13.0. The topological polar surface area (TPSA) is 107 Å². The van der Waals surface area contributed by atoms with Crippen molar-refractivity contribution in [2.45, 2.75) is 69.8 Å². The van der Waals surface area contributed by atoms with Crippen molar-refractivity contribution in [1.29, 1.82) is 5.26 Å². The lowest BCUT2D eigenvalue weighted by Gasteiger charge is -2.41. The number of carbonyl (C=O) groups is 1. The van der Waals surface area contributed by atoms with Crippen LogP contribution in [0.3, 0.4) is 0 Å². The number of anilines is 1. The first kappa shape index (κ1) is 25.8. The molecule has 3 aliphatic heterocycles. The second-order valence-corrected chi connectivity index (χ2v) is 11.0. The third kappa shape index (κ3) is 5.94. The quantitative estimate of drug-likeness (QED) is 0.550. The molecule has 1 aliphatic carbocycles. The van der Waals surface area contributed by atoms with Crippen LogP contribution in [-0.2, 0) is 24.3 Å². The van der Waals surface area contributed by atoms with Gasteiger partial charge >= 0.3 is 12.1 Å². The lowest BCUT2D eigenvalue weighted by atomic mass is 10.0. The van der Waals surface area contributed by atoms with Crippen molar-refractivity contribution < 1.29 is 14.3 Å². The predicted molar refractivity (Wildman–Crippen MR) is 145 cm³/mol. The zero-order chi connectivity index (χ0) is 26.6. The van der Waals surface area contributed by atoms with Gasteiger partial charge < -0.3 is 24.6 Å². The van der Waals surface area contributed by atoms with Crippen molar-refractivity contribution in [2.24, 2.45) is 0 Å². The first-order valence-corrected chi connectivity index (χ1v) is 14.3. The number of ether oxygens (including phenoxy) is 2. The molecular formula is C29H37N7O3. The third-order valence-electron chi connectivity index (χ3n) is 8.29. The van der Waals surface area contributed by atoms with Gasteiger partial charge in [-0.3, -0.25) is 4.90 Å². The molecule has 0 unspecified atom stereocenters. The highest BCUT2D eigenvalue weighted by Crippen LogP contribution is 2.34. The standard InChI is InChI=1S/C29H37N7O3/c30-12-10-23-18-34(15-16-36(23)29(37)39-19-21-5-2-1-3-6-21)27-25-11-13-31-17-26(25)32-28(33-27)38-20-24-7-4-14-35(24)22-8-9-22/h1-3,5-6,22-24,31H,4,7-11,13-20H2/t23-,24-/m0/s1. The van der Waals surface area contributed by atoms with Crippen LogP contribution in [0.25, 0.3) is 0 Å². The molecule has 2 saturated heterocycles. The number of piperazine rings is 1. The SMILES string of the molecule is N#CC[C@H]1CN(c2nc(OC[C@@H]3CCCN3C3CC3)nc3c2CCNC3)CCN1C(=O)OCc1ccccc1. The minimum atomic E-state index is -0.381. The Balaban J connectivity index is 1.16. The van der Waals surface area contributed by atoms with Crippen LogP contribution in [0.2, 0.25) is 0 Å². The number of nitriles is 1. The lowest BCUT2D eigenvalue weighted by molar-refractivity contribution is 0.0767. The van der Waals surface area contributed by atoms with Gasteiger partial charge in [0.05, 0.1) is 24.2 Å². The van der Waals surface area contributed by atoms with E-state index in [0.29, 0.717) is 44.8 Å². The zero-order valence-corrected chi connectivity index (χ0v) is 22.4. The van der Waals surface area contributed by atoms with Crippen LogP contribution in [-0.4, -0.2) is 83.3 Å². The Labute approximate surface area is 229 Å². The molecule has 4 heterocycles. The molecule has 6 rings (SSSR count). The zero-order valence-electron chi connectivity index (χ0n) is 22.4. The number of hydrogen-bond donors (Lipinski definition) is 1. The maximum atomic E-state index is 13.0. The maximum absolute atomic E-state index is 13.0. The summed E-state index contributed by atoms with van der Waals surface area (Å²) in [6.45, 7) is 5.13. The van der Waals surface area contributed by atoms with Crippen molar-refractivity contribution in [1.82, 2.24) is 25.1 Å². The second-order valence-electron chi connectivity index (χ2n) is 11.0. The Hall–Kier alpha value is -3.42. The summed E-state index contributed by atoms with van der Waals surface area (Å²) in [5.41, 5.74) is 3.05. The van der Waals surface area contributed by atoms with Gasteiger partial charge in [-0.25, -0.2) is 4.79 Å². The van der Waals surface area contributed by atoms with E-state index in [0.717, 1.165) is 54.6 Å². The van der Waals surface area contributed by atoms with Crippen molar-refractivity contribution >= 4 is 11.9 Å². The van der Waals surface area contributed by atoms with Gasteiger partial charge in [0.15, 0.2) is 0 Å². The van der Waals surface area contributed by atoms with Gasteiger partial charge in [0.25, 0.3) is 0 Å². The van der Waals surface area contributed by atoms with Crippen LogP contribution in [0.1, 0.15) is 48.9 Å². The first-order chi connectivity index (χ1) is 19.2. The first-order valence-electron chi connectivity index (χ1n) is 14.3. The van der Waals surface area contributed by atoms with Crippen molar-refractivity contribution in [3.05, 3.63) is 47.2 Å². The molecule has 2 atom stereocenters. The van der Waals surface area contributed by atoms with Crippen LogP contribution >= 0.6 is 0 Å². The number of hydrogen-bond acceptors (Lipinski definition) is 9. The fourth-order valence-electron chi connectivity index (χ4n) is 6.11. The van der Waals surface area contributed by atoms with E-state index in [1.54, 1.807) is 4.90 Å². The summed E-state index contributed by atoms with van der Waals surface area (Å²) in [4.78, 5) is 29.2. The number of nitrogens with zero attached hydrogens (tertiary/aromatic N) is 6. The summed E-state index contributed by atoms with van der Waals surface area (Å²) in [6, 6.07) is 13.2. The molecule has 206 valence electrons. The summed E-state index contributed by atoms with van der Waals surface area (Å²) in [7, 11) is 0. The summed E-state index contributed by atoms with van der Waals surface area (Å²) in [6.07, 6.45) is 5.68. The Morgan fingerprint density at radius 1 is 1.10 bits per heavy atom. The summed E-state index contributed by atoms with van der Waals surface area (Å²) in [5.74, 6) is 0.877. The van der Waals surface area contributed by atoms with E-state index in [2.05, 4.69) is 21.2 Å². The monoisotopic (exact) mass is 531 g/mol. The minimum absolute atomic E-state index is 0.214. The van der Waals surface area contributed by atoms with Gasteiger partial charge in [0.2, 0.25) is 0 Å². The van der Waals surface area contributed by atoms with E-state index in [1.807, 2.05) is 30.3 Å². The molecule has 3 fully saturated rings. The number of likely N-dealkylation sites (tertiary alicyclic amines) is 1. The highest BCUT2D eigenvalue weighted by Gasteiger charge is 2.37. The number of benzene rings is 1. The van der Waals surface area contributed by atoms with E-state index in [4.69, 9.17) is 19.4 Å². The fourth-order valence-corrected chi connectivity index (χ4v) is 6.11. The predicted octanol–water partition coefficient (Wildman–Crippen LogP) is 2.87. The average molecular weight is 532 g/mol. The van der Waals surface area contributed by atoms with Crippen molar-refractivity contribution in [3.63, 3.8) is 0 Å². The molecule has 0 spiro atoms.